The Kier molecular flexibility index (Phi) is 7.10. The van der Waals surface area contributed by atoms with Gasteiger partial charge in [-0.3, -0.25) is 14.4 Å². The van der Waals surface area contributed by atoms with Crippen molar-refractivity contribution in [3.63, 3.8) is 0 Å². The third kappa shape index (κ3) is 5.62. The second kappa shape index (κ2) is 10.4. The van der Waals surface area contributed by atoms with Crippen molar-refractivity contribution in [3.05, 3.63) is 84.4 Å². The summed E-state index contributed by atoms with van der Waals surface area (Å²) in [4.78, 5) is 39.8. The van der Waals surface area contributed by atoms with Crippen LogP contribution >= 0.6 is 11.8 Å². The quantitative estimate of drug-likeness (QED) is 0.494. The number of thioether (sulfide) groups is 1. The average molecular weight is 461 g/mol. The molecule has 1 unspecified atom stereocenters. The van der Waals surface area contributed by atoms with E-state index in [0.29, 0.717) is 30.2 Å². The number of carbonyl (C=O) groups excluding carboxylic acids is 3. The highest BCUT2D eigenvalue weighted by atomic mass is 32.2. The zero-order valence-electron chi connectivity index (χ0n) is 18.2. The molecule has 0 aliphatic carbocycles. The maximum Gasteiger partial charge on any atom is 0.247 e. The summed E-state index contributed by atoms with van der Waals surface area (Å²) in [6, 6.07) is 23.8. The molecule has 6 nitrogen and oxygen atoms in total. The topological polar surface area (TPSA) is 75.7 Å². The summed E-state index contributed by atoms with van der Waals surface area (Å²) < 4.78 is 5.42. The number of hydrogen-bond donors (Lipinski definition) is 1. The van der Waals surface area contributed by atoms with Crippen LogP contribution < -0.4 is 15.0 Å². The van der Waals surface area contributed by atoms with Crippen molar-refractivity contribution in [2.45, 2.75) is 29.9 Å². The first kappa shape index (κ1) is 22.6. The van der Waals surface area contributed by atoms with E-state index in [1.54, 1.807) is 36.4 Å². The lowest BCUT2D eigenvalue weighted by Gasteiger charge is -2.15. The van der Waals surface area contributed by atoms with Gasteiger partial charge < -0.3 is 10.1 Å². The molecule has 3 aromatic carbocycles. The van der Waals surface area contributed by atoms with Gasteiger partial charge >= 0.3 is 0 Å². The summed E-state index contributed by atoms with van der Waals surface area (Å²) in [5.41, 5.74) is 2.18. The monoisotopic (exact) mass is 460 g/mol. The fourth-order valence-electron chi connectivity index (χ4n) is 3.59. The Morgan fingerprint density at radius 1 is 1.00 bits per heavy atom. The van der Waals surface area contributed by atoms with Gasteiger partial charge in [-0.15, -0.1) is 11.8 Å². The minimum atomic E-state index is -0.484. The molecule has 0 radical (unpaired) electrons. The normalized spacial score (nSPS) is 15.5. The number of nitrogens with zero attached hydrogens (tertiary/aromatic N) is 1. The van der Waals surface area contributed by atoms with E-state index >= 15 is 0 Å². The van der Waals surface area contributed by atoms with Crippen molar-refractivity contribution >= 4 is 40.9 Å². The summed E-state index contributed by atoms with van der Waals surface area (Å²) in [6.45, 7) is 2.45. The first-order valence-electron chi connectivity index (χ1n) is 10.7. The van der Waals surface area contributed by atoms with Gasteiger partial charge in [-0.25, -0.2) is 4.90 Å². The van der Waals surface area contributed by atoms with E-state index in [1.165, 1.54) is 16.7 Å². The van der Waals surface area contributed by atoms with Gasteiger partial charge in [-0.05, 0) is 61.0 Å². The summed E-state index contributed by atoms with van der Waals surface area (Å²) >= 11 is 1.35. The zero-order chi connectivity index (χ0) is 23.2. The number of rotatable bonds is 8. The minimum absolute atomic E-state index is 0.0934. The van der Waals surface area contributed by atoms with Crippen molar-refractivity contribution in [2.75, 3.05) is 16.8 Å². The second-order valence-corrected chi connectivity index (χ2v) is 8.82. The predicted molar refractivity (Wildman–Crippen MR) is 130 cm³/mol. The fraction of sp³-hybridized carbons (Fsp3) is 0.192. The number of hydrogen-bond acceptors (Lipinski definition) is 5. The molecule has 1 atom stereocenters. The molecular formula is C26H24N2O4S. The number of benzene rings is 3. The molecule has 3 aromatic rings. The number of imide groups is 1. The molecule has 0 aromatic heterocycles. The Morgan fingerprint density at radius 2 is 1.70 bits per heavy atom. The van der Waals surface area contributed by atoms with Crippen LogP contribution in [0.3, 0.4) is 0 Å². The van der Waals surface area contributed by atoms with Crippen LogP contribution in [0.5, 0.6) is 5.75 Å². The number of nitrogens with one attached hydrogen (secondary N) is 1. The average Bonchev–Trinajstić information content (AvgIpc) is 3.09. The Morgan fingerprint density at radius 3 is 2.36 bits per heavy atom. The smallest absolute Gasteiger partial charge is 0.247 e. The van der Waals surface area contributed by atoms with Crippen molar-refractivity contribution in [3.8, 4) is 5.75 Å². The van der Waals surface area contributed by atoms with Crippen LogP contribution in [0, 0.1) is 0 Å². The lowest BCUT2D eigenvalue weighted by Crippen LogP contribution is -2.31. The molecule has 3 amide bonds. The van der Waals surface area contributed by atoms with Crippen molar-refractivity contribution < 1.29 is 19.1 Å². The molecule has 1 aliphatic rings. The standard InChI is InChI=1S/C26H24N2O4S/c1-2-32-21-12-10-20(11-13-21)28-25(30)17-23(26(28)31)33-22-14-8-19(9-15-22)27-24(29)16-18-6-4-3-5-7-18/h3-15,23H,2,16-17H2,1H3,(H,27,29). The summed E-state index contributed by atoms with van der Waals surface area (Å²) in [6.07, 6.45) is 0.448. The first-order valence-corrected chi connectivity index (χ1v) is 11.6. The highest BCUT2D eigenvalue weighted by Crippen LogP contribution is 2.34. The van der Waals surface area contributed by atoms with Crippen LogP contribution in [0.4, 0.5) is 11.4 Å². The molecule has 0 spiro atoms. The van der Waals surface area contributed by atoms with E-state index in [9.17, 15) is 14.4 Å². The van der Waals surface area contributed by atoms with Gasteiger partial charge in [0.1, 0.15) is 5.75 Å². The molecular weight excluding hydrogens is 436 g/mol. The molecule has 1 N–H and O–H groups in total. The van der Waals surface area contributed by atoms with Crippen LogP contribution in [0.1, 0.15) is 18.9 Å². The summed E-state index contributed by atoms with van der Waals surface area (Å²) in [5, 5.41) is 2.40. The van der Waals surface area contributed by atoms with E-state index in [2.05, 4.69) is 5.32 Å². The highest BCUT2D eigenvalue weighted by molar-refractivity contribution is 8.00. The third-order valence-corrected chi connectivity index (χ3v) is 6.33. The molecule has 168 valence electrons. The SMILES string of the molecule is CCOc1ccc(N2C(=O)CC(Sc3ccc(NC(=O)Cc4ccccc4)cc3)C2=O)cc1. The number of carbonyl (C=O) groups is 3. The van der Waals surface area contributed by atoms with Crippen molar-refractivity contribution in [1.29, 1.82) is 0 Å². The maximum atomic E-state index is 12.9. The Labute approximate surface area is 196 Å². The Hall–Kier alpha value is -3.58. The maximum absolute atomic E-state index is 12.9. The van der Waals surface area contributed by atoms with Gasteiger partial charge in [0.05, 0.1) is 24.0 Å². The molecule has 33 heavy (non-hydrogen) atoms. The Balaban J connectivity index is 1.35. The molecule has 1 saturated heterocycles. The number of ether oxygens (including phenoxy) is 1. The molecule has 0 saturated carbocycles. The second-order valence-electron chi connectivity index (χ2n) is 7.54. The van der Waals surface area contributed by atoms with Gasteiger partial charge in [0.2, 0.25) is 17.7 Å². The van der Waals surface area contributed by atoms with Gasteiger partial charge in [0.25, 0.3) is 0 Å². The van der Waals surface area contributed by atoms with E-state index in [0.717, 1.165) is 10.5 Å². The lowest BCUT2D eigenvalue weighted by atomic mass is 10.1. The van der Waals surface area contributed by atoms with E-state index in [-0.39, 0.29) is 24.1 Å². The van der Waals surface area contributed by atoms with Gasteiger partial charge in [-0.2, -0.15) is 0 Å². The largest absolute Gasteiger partial charge is 0.494 e. The fourth-order valence-corrected chi connectivity index (χ4v) is 4.65. The molecule has 4 rings (SSSR count). The molecule has 0 bridgehead atoms. The molecule has 1 fully saturated rings. The predicted octanol–water partition coefficient (Wildman–Crippen LogP) is 4.69. The molecule has 7 heteroatoms. The van der Waals surface area contributed by atoms with Crippen molar-refractivity contribution in [2.24, 2.45) is 0 Å². The van der Waals surface area contributed by atoms with Crippen molar-refractivity contribution in [1.82, 2.24) is 0 Å². The molecule has 1 aliphatic heterocycles. The number of anilines is 2. The summed E-state index contributed by atoms with van der Waals surface area (Å²) in [5.74, 6) is 0.159. The minimum Gasteiger partial charge on any atom is -0.494 e. The van der Waals surface area contributed by atoms with E-state index in [4.69, 9.17) is 4.74 Å². The Bertz CT molecular complexity index is 1130. The van der Waals surface area contributed by atoms with Crippen LogP contribution in [0.2, 0.25) is 0 Å². The van der Waals surface area contributed by atoms with Gasteiger partial charge in [0.15, 0.2) is 0 Å². The van der Waals surface area contributed by atoms with Gasteiger partial charge in [0, 0.05) is 17.0 Å². The summed E-state index contributed by atoms with van der Waals surface area (Å²) in [7, 11) is 0. The first-order chi connectivity index (χ1) is 16.0. The zero-order valence-corrected chi connectivity index (χ0v) is 19.0. The van der Waals surface area contributed by atoms with Crippen LogP contribution in [-0.2, 0) is 20.8 Å². The lowest BCUT2D eigenvalue weighted by molar-refractivity contribution is -0.121. The third-order valence-electron chi connectivity index (χ3n) is 5.14. The van der Waals surface area contributed by atoms with E-state index in [1.807, 2.05) is 49.4 Å². The number of amides is 3. The van der Waals surface area contributed by atoms with Crippen LogP contribution in [-0.4, -0.2) is 29.6 Å². The van der Waals surface area contributed by atoms with E-state index < -0.39 is 5.25 Å². The highest BCUT2D eigenvalue weighted by Gasteiger charge is 2.40. The van der Waals surface area contributed by atoms with Crippen LogP contribution in [0.15, 0.2) is 83.8 Å². The van der Waals surface area contributed by atoms with Crippen LogP contribution in [0.25, 0.3) is 0 Å². The molecule has 1 heterocycles. The van der Waals surface area contributed by atoms with Gasteiger partial charge in [-0.1, -0.05) is 30.3 Å².